The molecule has 8 heterocycles. The quantitative estimate of drug-likeness (QED) is 0.237. The van der Waals surface area contributed by atoms with Gasteiger partial charge in [0.25, 0.3) is 0 Å². The van der Waals surface area contributed by atoms with Crippen LogP contribution in [0.4, 0.5) is 0 Å². The van der Waals surface area contributed by atoms with Crippen molar-refractivity contribution < 1.29 is 0 Å². The van der Waals surface area contributed by atoms with Crippen LogP contribution in [-0.2, 0) is 26.2 Å². The summed E-state index contributed by atoms with van der Waals surface area (Å²) in [4.78, 5) is 20.9. The Morgan fingerprint density at radius 2 is 0.788 bits per heavy atom. The molecule has 4 aromatic rings. The van der Waals surface area contributed by atoms with Crippen molar-refractivity contribution in [2.75, 3.05) is 66.5 Å². The molecule has 16 heteroatoms. The van der Waals surface area contributed by atoms with Gasteiger partial charge in [0.05, 0.1) is 25.3 Å². The first kappa shape index (κ1) is 51.9. The van der Waals surface area contributed by atoms with Crippen molar-refractivity contribution in [3.05, 3.63) is 74.9 Å². The highest BCUT2D eigenvalue weighted by Gasteiger charge is 2.20. The zero-order valence-electron chi connectivity index (χ0n) is 29.7. The number of imidazole rings is 4. The summed E-state index contributed by atoms with van der Waals surface area (Å²) in [6.07, 6.45) is 28.3. The third-order valence-corrected chi connectivity index (χ3v) is 9.42. The third kappa shape index (κ3) is 19.3. The lowest BCUT2D eigenvalue weighted by Crippen LogP contribution is -2.16. The summed E-state index contributed by atoms with van der Waals surface area (Å²) >= 11 is 0. The number of hydrogen-bond donors (Lipinski definition) is 2. The predicted octanol–water partition coefficient (Wildman–Crippen LogP) is 5.61. The summed E-state index contributed by atoms with van der Waals surface area (Å²) in [5.41, 5.74) is 0. The fourth-order valence-corrected chi connectivity index (χ4v) is 6.86. The first-order valence-corrected chi connectivity index (χ1v) is 17.2. The van der Waals surface area contributed by atoms with Gasteiger partial charge in [0, 0.05) is 88.8 Å². The number of aromatic nitrogens is 8. The van der Waals surface area contributed by atoms with Crippen LogP contribution in [0.25, 0.3) is 0 Å². The summed E-state index contributed by atoms with van der Waals surface area (Å²) < 4.78 is 8.64. The molecule has 12 nitrogen and oxygen atoms in total. The van der Waals surface area contributed by atoms with E-state index in [1.54, 1.807) is 0 Å². The Bertz CT molecular complexity index is 1180. The van der Waals surface area contributed by atoms with Crippen LogP contribution in [0.3, 0.4) is 0 Å². The molecule has 4 aliphatic rings. The third-order valence-electron chi connectivity index (χ3n) is 9.42. The maximum atomic E-state index is 4.03. The summed E-state index contributed by atoms with van der Waals surface area (Å²) in [5.74, 6) is 3.27. The molecule has 4 atom stereocenters. The van der Waals surface area contributed by atoms with Crippen LogP contribution in [0.15, 0.2) is 74.9 Å². The van der Waals surface area contributed by atoms with E-state index in [9.17, 15) is 0 Å². The van der Waals surface area contributed by atoms with Gasteiger partial charge in [-0.25, -0.2) is 19.9 Å². The molecular weight excluding hydrogens is 742 g/mol. The molecule has 8 rings (SSSR count). The monoisotopic (exact) mass is 808 g/mol. The van der Waals surface area contributed by atoms with Crippen molar-refractivity contribution in [1.82, 2.24) is 58.6 Å². The van der Waals surface area contributed by atoms with Crippen molar-refractivity contribution in [1.29, 1.82) is 0 Å². The molecular formula is C36H68Cl4N12. The highest BCUT2D eigenvalue weighted by Crippen LogP contribution is 2.17. The van der Waals surface area contributed by atoms with Crippen molar-refractivity contribution in [2.45, 2.75) is 66.7 Å². The highest BCUT2D eigenvalue weighted by atomic mass is 35.5. The standard InChI is InChI=1S/2C9H15N3.2C8H13N3.2CH4.4ClH/c2*1-11-4-2-9(6-11)7-12-5-3-10-8-12;2*1-2-9-5-8(1)6-11-4-3-10-7-11;;;;;;/h2*3,5,8-9H,2,4,6-7H2,1H3;2*3-4,7-9H,1-2,5-6H2;2*1H4;4*1H/t2*9-;2*8-;;;;;;/m1010....../s1. The average Bonchev–Trinajstić information content (AvgIpc) is 3.88. The number of likely N-dealkylation sites (tertiary alicyclic amines) is 2. The molecule has 0 saturated carbocycles. The molecule has 0 spiro atoms. The van der Waals surface area contributed by atoms with Crippen LogP contribution in [0.2, 0.25) is 0 Å². The van der Waals surface area contributed by atoms with Gasteiger partial charge >= 0.3 is 0 Å². The van der Waals surface area contributed by atoms with E-state index >= 15 is 0 Å². The topological polar surface area (TPSA) is 102 Å². The Hall–Kier alpha value is -2.16. The van der Waals surface area contributed by atoms with Gasteiger partial charge < -0.3 is 38.7 Å². The fourth-order valence-electron chi connectivity index (χ4n) is 6.86. The van der Waals surface area contributed by atoms with E-state index in [0.29, 0.717) is 0 Å². The van der Waals surface area contributed by atoms with Gasteiger partial charge in [0.1, 0.15) is 0 Å². The maximum absolute atomic E-state index is 4.03. The van der Waals surface area contributed by atoms with Crippen LogP contribution in [-0.4, -0.2) is 114 Å². The lowest BCUT2D eigenvalue weighted by Gasteiger charge is -2.10. The van der Waals surface area contributed by atoms with Gasteiger partial charge in [-0.2, -0.15) is 0 Å². The van der Waals surface area contributed by atoms with Gasteiger partial charge in [-0.3, -0.25) is 0 Å². The van der Waals surface area contributed by atoms with Crippen LogP contribution < -0.4 is 10.6 Å². The highest BCUT2D eigenvalue weighted by molar-refractivity contribution is 5.86. The Kier molecular flexibility index (Phi) is 29.2. The fraction of sp³-hybridized carbons (Fsp3) is 0.667. The average molecular weight is 811 g/mol. The Morgan fingerprint density at radius 1 is 0.481 bits per heavy atom. The van der Waals surface area contributed by atoms with Gasteiger partial charge in [0.15, 0.2) is 0 Å². The Balaban J connectivity index is 0. The van der Waals surface area contributed by atoms with E-state index in [0.717, 1.165) is 62.9 Å². The minimum atomic E-state index is 0. The van der Waals surface area contributed by atoms with E-state index in [1.807, 2.05) is 74.9 Å². The predicted molar refractivity (Wildman–Crippen MR) is 225 cm³/mol. The largest absolute Gasteiger partial charge is 0.337 e. The summed E-state index contributed by atoms with van der Waals surface area (Å²) in [7, 11) is 4.38. The van der Waals surface area contributed by atoms with E-state index in [2.05, 4.69) is 72.7 Å². The second kappa shape index (κ2) is 29.2. The summed E-state index contributed by atoms with van der Waals surface area (Å²) in [6.45, 7) is 14.2. The Morgan fingerprint density at radius 3 is 1.00 bits per heavy atom. The second-order valence-electron chi connectivity index (χ2n) is 13.6. The van der Waals surface area contributed by atoms with Crippen molar-refractivity contribution >= 4 is 49.6 Å². The van der Waals surface area contributed by atoms with E-state index in [1.165, 1.54) is 65.0 Å². The van der Waals surface area contributed by atoms with Crippen molar-refractivity contribution in [2.24, 2.45) is 23.7 Å². The minimum Gasteiger partial charge on any atom is -0.337 e. The molecule has 0 aliphatic carbocycles. The molecule has 4 saturated heterocycles. The molecule has 0 bridgehead atoms. The molecule has 2 N–H and O–H groups in total. The smallest absolute Gasteiger partial charge is 0.0946 e. The van der Waals surface area contributed by atoms with Gasteiger partial charge in [-0.1, -0.05) is 14.9 Å². The molecule has 0 aromatic carbocycles. The van der Waals surface area contributed by atoms with E-state index < -0.39 is 0 Å². The number of halogens is 4. The lowest BCUT2D eigenvalue weighted by atomic mass is 10.1. The summed E-state index contributed by atoms with van der Waals surface area (Å²) in [5, 5.41) is 6.70. The van der Waals surface area contributed by atoms with Crippen LogP contribution >= 0.6 is 49.6 Å². The molecule has 52 heavy (non-hydrogen) atoms. The zero-order valence-corrected chi connectivity index (χ0v) is 32.9. The maximum Gasteiger partial charge on any atom is 0.0946 e. The molecule has 0 radical (unpaired) electrons. The number of rotatable bonds is 8. The van der Waals surface area contributed by atoms with E-state index in [-0.39, 0.29) is 64.5 Å². The number of nitrogens with zero attached hydrogens (tertiary/aromatic N) is 10. The summed E-state index contributed by atoms with van der Waals surface area (Å²) in [6, 6.07) is 0. The SMILES string of the molecule is C.C.CN1CC[C@@H](Cn2ccnc2)C1.CN1CC[C@H](Cn2ccnc2)C1.Cl.Cl.Cl.Cl.c1cn(C[C@@H]2CCNC2)cn1.c1cn(C[C@H]2CCNC2)cn1. The molecule has 0 amide bonds. The van der Waals surface area contributed by atoms with Crippen LogP contribution in [0.5, 0.6) is 0 Å². The van der Waals surface area contributed by atoms with Gasteiger partial charge in [0.2, 0.25) is 0 Å². The molecule has 0 unspecified atom stereocenters. The molecule has 4 aliphatic heterocycles. The first-order chi connectivity index (χ1) is 22.6. The lowest BCUT2D eigenvalue weighted by molar-refractivity contribution is 0.378. The van der Waals surface area contributed by atoms with Crippen LogP contribution in [0.1, 0.15) is 40.5 Å². The normalized spacial score (nSPS) is 21.7. The van der Waals surface area contributed by atoms with Crippen LogP contribution in [0, 0.1) is 23.7 Å². The van der Waals surface area contributed by atoms with Crippen molar-refractivity contribution in [3.63, 3.8) is 0 Å². The Labute approximate surface area is 338 Å². The number of hydrogen-bond acceptors (Lipinski definition) is 8. The number of nitrogens with one attached hydrogen (secondary N) is 2. The molecule has 300 valence electrons. The zero-order chi connectivity index (χ0) is 31.8. The second-order valence-corrected chi connectivity index (χ2v) is 13.6. The van der Waals surface area contributed by atoms with Crippen molar-refractivity contribution in [3.8, 4) is 0 Å². The van der Waals surface area contributed by atoms with Gasteiger partial charge in [-0.15, -0.1) is 49.6 Å². The molecule has 4 fully saturated rings. The molecule has 4 aromatic heterocycles. The van der Waals surface area contributed by atoms with Gasteiger partial charge in [-0.05, 0) is 103 Å². The van der Waals surface area contributed by atoms with E-state index in [4.69, 9.17) is 0 Å². The minimum absolute atomic E-state index is 0. The first-order valence-electron chi connectivity index (χ1n) is 17.2.